The normalized spacial score (nSPS) is 16.9. The number of carboxylic acid groups (broad SMARTS) is 1. The number of aromatic nitrogens is 1. The van der Waals surface area contributed by atoms with E-state index in [4.69, 9.17) is 9.47 Å². The molecule has 222 valence electrons. The zero-order valence-corrected chi connectivity index (χ0v) is 25.0. The first-order valence-corrected chi connectivity index (χ1v) is 14.9. The summed E-state index contributed by atoms with van der Waals surface area (Å²) in [5.74, 6) is -0.522. The maximum atomic E-state index is 13.3. The van der Waals surface area contributed by atoms with Crippen molar-refractivity contribution in [3.05, 3.63) is 64.0 Å². The molecule has 3 aromatic rings. The van der Waals surface area contributed by atoms with E-state index in [1.165, 1.54) is 11.3 Å². The Balaban J connectivity index is 1.20. The first-order valence-electron chi connectivity index (χ1n) is 14.0. The molecule has 1 fully saturated rings. The van der Waals surface area contributed by atoms with Gasteiger partial charge >= 0.3 is 0 Å². The lowest BCUT2D eigenvalue weighted by atomic mass is 9.80. The summed E-state index contributed by atoms with van der Waals surface area (Å²) in [5, 5.41) is 17.0. The van der Waals surface area contributed by atoms with Crippen LogP contribution in [-0.4, -0.2) is 86.1 Å². The molecule has 1 saturated heterocycles. The SMILES string of the molecule is COc1cc(OCC(=O)N2CC[N+](C)(C)CC2)ccc1-c1csc(CNC(=O)C2(CC(=O)[O-])Cc3ccccc3C2)n1. The number of aliphatic carboxylic acids is 1. The molecule has 42 heavy (non-hydrogen) atoms. The fourth-order valence-electron chi connectivity index (χ4n) is 5.66. The highest BCUT2D eigenvalue weighted by Crippen LogP contribution is 2.40. The maximum absolute atomic E-state index is 13.3. The number of hydrogen-bond donors (Lipinski definition) is 1. The van der Waals surface area contributed by atoms with Crippen molar-refractivity contribution in [2.45, 2.75) is 25.8 Å². The molecule has 0 unspecified atom stereocenters. The van der Waals surface area contributed by atoms with Gasteiger partial charge < -0.3 is 34.1 Å². The van der Waals surface area contributed by atoms with Crippen LogP contribution in [0.4, 0.5) is 0 Å². The zero-order chi connectivity index (χ0) is 29.9. The molecule has 2 amide bonds. The van der Waals surface area contributed by atoms with Crippen molar-refractivity contribution in [3.63, 3.8) is 0 Å². The number of amides is 2. The molecule has 2 heterocycles. The van der Waals surface area contributed by atoms with Gasteiger partial charge in [-0.1, -0.05) is 24.3 Å². The standard InChI is InChI=1S/C31H36N4O6S/c1-35(2)12-10-34(11-13-35)28(36)19-41-23-8-9-24(26(14-23)40-3)25-20-42-27(33-25)18-32-30(39)31(17-29(37)38)15-21-6-4-5-7-22(21)16-31/h4-9,14,20H,10-13,15-19H2,1-3H3,(H-,32,37,38,39). The Kier molecular flexibility index (Phi) is 8.51. The van der Waals surface area contributed by atoms with Gasteiger partial charge in [-0.25, -0.2) is 4.98 Å². The molecule has 1 N–H and O–H groups in total. The van der Waals surface area contributed by atoms with E-state index in [0.717, 1.165) is 47.4 Å². The second kappa shape index (κ2) is 12.1. The van der Waals surface area contributed by atoms with Gasteiger partial charge in [0.15, 0.2) is 6.61 Å². The second-order valence-corrected chi connectivity index (χ2v) is 12.6. The number of piperazine rings is 1. The summed E-state index contributed by atoms with van der Waals surface area (Å²) < 4.78 is 12.3. The summed E-state index contributed by atoms with van der Waals surface area (Å²) in [7, 11) is 5.89. The van der Waals surface area contributed by atoms with E-state index >= 15 is 0 Å². The average Bonchev–Trinajstić information content (AvgIpc) is 3.59. The lowest BCUT2D eigenvalue weighted by Crippen LogP contribution is -2.56. The molecule has 0 saturated carbocycles. The first kappa shape index (κ1) is 29.5. The van der Waals surface area contributed by atoms with Crippen LogP contribution in [0.3, 0.4) is 0 Å². The fraction of sp³-hybridized carbons (Fsp3) is 0.419. The van der Waals surface area contributed by atoms with Gasteiger partial charge in [-0.15, -0.1) is 11.3 Å². The number of fused-ring (bicyclic) bond motifs is 1. The van der Waals surface area contributed by atoms with E-state index in [-0.39, 0.29) is 31.4 Å². The van der Waals surface area contributed by atoms with Crippen molar-refractivity contribution in [2.24, 2.45) is 5.41 Å². The second-order valence-electron chi connectivity index (χ2n) is 11.7. The van der Waals surface area contributed by atoms with Gasteiger partial charge in [-0.2, -0.15) is 0 Å². The fourth-order valence-corrected chi connectivity index (χ4v) is 6.39. The van der Waals surface area contributed by atoms with Gasteiger partial charge in [0.1, 0.15) is 16.5 Å². The van der Waals surface area contributed by atoms with Crippen LogP contribution in [0.2, 0.25) is 0 Å². The number of thiazole rings is 1. The molecule has 5 rings (SSSR count). The number of nitrogens with one attached hydrogen (secondary N) is 1. The van der Waals surface area contributed by atoms with Crippen molar-refractivity contribution < 1.29 is 33.4 Å². The quantitative estimate of drug-likeness (QED) is 0.356. The molecule has 1 aliphatic heterocycles. The number of carbonyl (C=O) groups excluding carboxylic acids is 3. The van der Waals surface area contributed by atoms with Crippen LogP contribution in [0.1, 0.15) is 22.6 Å². The molecule has 0 bridgehead atoms. The van der Waals surface area contributed by atoms with Crippen molar-refractivity contribution in [2.75, 3.05) is 54.0 Å². The van der Waals surface area contributed by atoms with Crippen molar-refractivity contribution in [1.29, 1.82) is 0 Å². The molecule has 2 aliphatic rings. The lowest BCUT2D eigenvalue weighted by Gasteiger charge is -2.38. The Morgan fingerprint density at radius 2 is 1.79 bits per heavy atom. The smallest absolute Gasteiger partial charge is 0.260 e. The molecular formula is C31H36N4O6S. The van der Waals surface area contributed by atoms with E-state index in [1.54, 1.807) is 19.2 Å². The Bertz CT molecular complexity index is 1450. The van der Waals surface area contributed by atoms with Crippen molar-refractivity contribution in [1.82, 2.24) is 15.2 Å². The van der Waals surface area contributed by atoms with Gasteiger partial charge in [0.05, 0.1) is 65.0 Å². The minimum atomic E-state index is -1.24. The third-order valence-electron chi connectivity index (χ3n) is 8.21. The molecule has 0 radical (unpaired) electrons. The summed E-state index contributed by atoms with van der Waals surface area (Å²) in [5.41, 5.74) is 2.33. The van der Waals surface area contributed by atoms with Gasteiger partial charge in [0.2, 0.25) is 5.91 Å². The maximum Gasteiger partial charge on any atom is 0.260 e. The highest BCUT2D eigenvalue weighted by molar-refractivity contribution is 7.09. The molecule has 0 atom stereocenters. The topological polar surface area (TPSA) is 121 Å². The van der Waals surface area contributed by atoms with Crippen molar-refractivity contribution >= 4 is 29.1 Å². The summed E-state index contributed by atoms with van der Waals surface area (Å²) >= 11 is 1.39. The zero-order valence-electron chi connectivity index (χ0n) is 24.2. The van der Waals surface area contributed by atoms with Crippen LogP contribution in [0.15, 0.2) is 47.8 Å². The Hall–Kier alpha value is -3.96. The third kappa shape index (κ3) is 6.57. The molecule has 1 aromatic heterocycles. The summed E-state index contributed by atoms with van der Waals surface area (Å²) in [6.45, 7) is 3.41. The number of quaternary nitrogens is 1. The molecular weight excluding hydrogens is 556 g/mol. The van der Waals surface area contributed by atoms with Crippen LogP contribution >= 0.6 is 11.3 Å². The van der Waals surface area contributed by atoms with Crippen LogP contribution in [-0.2, 0) is 33.8 Å². The van der Waals surface area contributed by atoms with E-state index < -0.39 is 11.4 Å². The summed E-state index contributed by atoms with van der Waals surface area (Å²) in [6.07, 6.45) is 0.376. The number of ether oxygens (including phenoxy) is 2. The molecule has 11 heteroatoms. The molecule has 10 nitrogen and oxygen atoms in total. The Morgan fingerprint density at radius 3 is 2.43 bits per heavy atom. The number of carbonyl (C=O) groups is 3. The molecule has 0 spiro atoms. The molecule has 2 aromatic carbocycles. The number of methoxy groups -OCH3 is 1. The average molecular weight is 593 g/mol. The Morgan fingerprint density at radius 1 is 1.10 bits per heavy atom. The number of rotatable bonds is 10. The van der Waals surface area contributed by atoms with E-state index in [1.807, 2.05) is 40.6 Å². The Labute approximate surface area is 249 Å². The van der Waals surface area contributed by atoms with Crippen LogP contribution in [0, 0.1) is 5.41 Å². The monoisotopic (exact) mass is 592 g/mol. The predicted octanol–water partition coefficient (Wildman–Crippen LogP) is 1.66. The first-order chi connectivity index (χ1) is 20.1. The van der Waals surface area contributed by atoms with E-state index in [2.05, 4.69) is 24.4 Å². The lowest BCUT2D eigenvalue weighted by molar-refractivity contribution is -0.894. The largest absolute Gasteiger partial charge is 0.550 e. The highest BCUT2D eigenvalue weighted by Gasteiger charge is 2.43. The minimum absolute atomic E-state index is 0.0354. The number of carboxylic acids is 1. The van der Waals surface area contributed by atoms with Crippen LogP contribution in [0.5, 0.6) is 11.5 Å². The summed E-state index contributed by atoms with van der Waals surface area (Å²) in [6, 6.07) is 13.0. The van der Waals surface area contributed by atoms with Crippen molar-refractivity contribution in [3.8, 4) is 22.8 Å². The predicted molar refractivity (Wildman–Crippen MR) is 156 cm³/mol. The van der Waals surface area contributed by atoms with Crippen LogP contribution in [0.25, 0.3) is 11.3 Å². The summed E-state index contributed by atoms with van der Waals surface area (Å²) in [4.78, 5) is 44.0. The number of nitrogens with zero attached hydrogens (tertiary/aromatic N) is 3. The van der Waals surface area contributed by atoms with E-state index in [9.17, 15) is 19.5 Å². The molecule has 1 aliphatic carbocycles. The third-order valence-corrected chi connectivity index (χ3v) is 9.06. The highest BCUT2D eigenvalue weighted by atomic mass is 32.1. The van der Waals surface area contributed by atoms with Gasteiger partial charge in [0, 0.05) is 29.4 Å². The number of hydrogen-bond acceptors (Lipinski definition) is 8. The van der Waals surface area contributed by atoms with Gasteiger partial charge in [-0.05, 0) is 36.1 Å². The number of benzene rings is 2. The van der Waals surface area contributed by atoms with Gasteiger partial charge in [-0.3, -0.25) is 9.59 Å². The van der Waals surface area contributed by atoms with E-state index in [0.29, 0.717) is 35.0 Å². The number of likely N-dealkylation sites (N-methyl/N-ethyl adjacent to an activating group) is 1. The van der Waals surface area contributed by atoms with Gasteiger partial charge in [0.25, 0.3) is 5.91 Å². The minimum Gasteiger partial charge on any atom is -0.550 e. The van der Waals surface area contributed by atoms with Crippen LogP contribution < -0.4 is 19.9 Å².